The molecule has 1 aliphatic heterocycles. The Morgan fingerprint density at radius 1 is 1.28 bits per heavy atom. The van der Waals surface area contributed by atoms with Gasteiger partial charge in [-0.1, -0.05) is 6.92 Å². The highest BCUT2D eigenvalue weighted by atomic mass is 35.5. The minimum absolute atomic E-state index is 0. The molecule has 1 aliphatic rings. The van der Waals surface area contributed by atoms with Gasteiger partial charge >= 0.3 is 0 Å². The van der Waals surface area contributed by atoms with Gasteiger partial charge in [0.1, 0.15) is 0 Å². The van der Waals surface area contributed by atoms with Crippen LogP contribution in [-0.4, -0.2) is 37.0 Å². The van der Waals surface area contributed by atoms with Crippen molar-refractivity contribution in [3.05, 3.63) is 0 Å². The zero-order chi connectivity index (χ0) is 12.7. The highest BCUT2D eigenvalue weighted by molar-refractivity contribution is 5.90. The summed E-state index contributed by atoms with van der Waals surface area (Å²) in [5.74, 6) is -0.205. The molecule has 5 nitrogen and oxygen atoms in total. The summed E-state index contributed by atoms with van der Waals surface area (Å²) >= 11 is 0. The minimum Gasteiger partial charge on any atom is -0.355 e. The van der Waals surface area contributed by atoms with E-state index in [2.05, 4.69) is 16.0 Å². The molecular formula is C12H24ClN3O2. The van der Waals surface area contributed by atoms with Crippen molar-refractivity contribution in [1.29, 1.82) is 0 Å². The Bertz CT molecular complexity index is 278. The molecule has 3 N–H and O–H groups in total. The molecule has 106 valence electrons. The van der Waals surface area contributed by atoms with Crippen molar-refractivity contribution in [2.24, 2.45) is 0 Å². The van der Waals surface area contributed by atoms with E-state index in [-0.39, 0.29) is 30.8 Å². The van der Waals surface area contributed by atoms with Crippen LogP contribution in [0.25, 0.3) is 0 Å². The Morgan fingerprint density at radius 3 is 2.56 bits per heavy atom. The number of halogens is 1. The maximum Gasteiger partial charge on any atom is 0.240 e. The molecule has 1 saturated heterocycles. The normalized spacial score (nSPS) is 22.8. The molecule has 1 heterocycles. The number of rotatable bonds is 5. The maximum atomic E-state index is 11.9. The van der Waals surface area contributed by atoms with Gasteiger partial charge in [0.2, 0.25) is 11.8 Å². The molecule has 0 radical (unpaired) electrons. The van der Waals surface area contributed by atoms with Crippen LogP contribution in [-0.2, 0) is 9.59 Å². The van der Waals surface area contributed by atoms with E-state index in [0.717, 1.165) is 32.2 Å². The monoisotopic (exact) mass is 277 g/mol. The zero-order valence-corrected chi connectivity index (χ0v) is 12.0. The zero-order valence-electron chi connectivity index (χ0n) is 11.2. The summed E-state index contributed by atoms with van der Waals surface area (Å²) in [5, 5.41) is 8.64. The number of piperidine rings is 1. The number of nitrogens with one attached hydrogen (secondary N) is 3. The molecular weight excluding hydrogens is 254 g/mol. The van der Waals surface area contributed by atoms with Crippen LogP contribution in [0.1, 0.15) is 39.5 Å². The van der Waals surface area contributed by atoms with Crippen molar-refractivity contribution in [3.8, 4) is 0 Å². The van der Waals surface area contributed by atoms with Gasteiger partial charge < -0.3 is 16.0 Å². The molecule has 0 aromatic rings. The first-order valence-electron chi connectivity index (χ1n) is 6.38. The summed E-state index contributed by atoms with van der Waals surface area (Å²) in [5.41, 5.74) is -0.511. The molecule has 6 heteroatoms. The van der Waals surface area contributed by atoms with E-state index in [9.17, 15) is 9.59 Å². The average molecular weight is 278 g/mol. The lowest BCUT2D eigenvalue weighted by Crippen LogP contribution is -2.58. The molecule has 1 fully saturated rings. The van der Waals surface area contributed by atoms with Crippen LogP contribution in [0.2, 0.25) is 0 Å². The predicted octanol–water partition coefficient (Wildman–Crippen LogP) is 0.583. The number of amides is 2. The Hall–Kier alpha value is -0.810. The molecule has 0 saturated carbocycles. The van der Waals surface area contributed by atoms with Crippen molar-refractivity contribution in [2.75, 3.05) is 19.6 Å². The fourth-order valence-corrected chi connectivity index (χ4v) is 1.93. The van der Waals surface area contributed by atoms with E-state index in [1.165, 1.54) is 0 Å². The van der Waals surface area contributed by atoms with Gasteiger partial charge in [-0.05, 0) is 39.2 Å². The summed E-state index contributed by atoms with van der Waals surface area (Å²) in [6, 6.07) is 0. The second-order valence-corrected chi connectivity index (χ2v) is 4.75. The number of hydrogen-bond donors (Lipinski definition) is 3. The topological polar surface area (TPSA) is 70.2 Å². The van der Waals surface area contributed by atoms with Crippen molar-refractivity contribution in [2.45, 2.75) is 45.1 Å². The molecule has 18 heavy (non-hydrogen) atoms. The van der Waals surface area contributed by atoms with Crippen LogP contribution in [0.15, 0.2) is 0 Å². The van der Waals surface area contributed by atoms with E-state index in [4.69, 9.17) is 0 Å². The summed E-state index contributed by atoms with van der Waals surface area (Å²) in [6.07, 6.45) is 3.90. The van der Waals surface area contributed by atoms with Gasteiger partial charge in [-0.15, -0.1) is 12.4 Å². The lowest BCUT2D eigenvalue weighted by atomic mass is 9.90. The lowest BCUT2D eigenvalue weighted by molar-refractivity contribution is -0.130. The second kappa shape index (κ2) is 8.32. The molecule has 0 aliphatic carbocycles. The van der Waals surface area contributed by atoms with Gasteiger partial charge in [-0.3, -0.25) is 9.59 Å². The third-order valence-electron chi connectivity index (χ3n) is 3.10. The van der Waals surface area contributed by atoms with Crippen LogP contribution in [0.3, 0.4) is 0 Å². The van der Waals surface area contributed by atoms with Crippen LogP contribution >= 0.6 is 12.4 Å². The molecule has 1 unspecified atom stereocenters. The van der Waals surface area contributed by atoms with Crippen LogP contribution < -0.4 is 16.0 Å². The van der Waals surface area contributed by atoms with Crippen molar-refractivity contribution in [3.63, 3.8) is 0 Å². The third-order valence-corrected chi connectivity index (χ3v) is 3.10. The summed E-state index contributed by atoms with van der Waals surface area (Å²) < 4.78 is 0. The molecule has 2 amide bonds. The first-order chi connectivity index (χ1) is 8.08. The molecule has 1 atom stereocenters. The quantitative estimate of drug-likeness (QED) is 0.689. The van der Waals surface area contributed by atoms with Crippen LogP contribution in [0.4, 0.5) is 0 Å². The highest BCUT2D eigenvalue weighted by Gasteiger charge is 2.34. The van der Waals surface area contributed by atoms with Gasteiger partial charge in [0.25, 0.3) is 0 Å². The molecule has 0 aromatic heterocycles. The van der Waals surface area contributed by atoms with Crippen LogP contribution in [0, 0.1) is 0 Å². The number of hydrogen-bond acceptors (Lipinski definition) is 3. The largest absolute Gasteiger partial charge is 0.355 e. The Morgan fingerprint density at radius 2 is 2.00 bits per heavy atom. The predicted molar refractivity (Wildman–Crippen MR) is 73.8 cm³/mol. The molecule has 0 spiro atoms. The average Bonchev–Trinajstić information content (AvgIpc) is 2.34. The Kier molecular flexibility index (Phi) is 7.95. The van der Waals surface area contributed by atoms with Crippen molar-refractivity contribution < 1.29 is 9.59 Å². The van der Waals surface area contributed by atoms with E-state index in [0.29, 0.717) is 6.54 Å². The molecule has 0 aromatic carbocycles. The fraction of sp³-hybridized carbons (Fsp3) is 0.833. The van der Waals surface area contributed by atoms with Gasteiger partial charge in [0.15, 0.2) is 0 Å². The van der Waals surface area contributed by atoms with E-state index in [1.54, 1.807) is 0 Å². The summed E-state index contributed by atoms with van der Waals surface area (Å²) in [7, 11) is 0. The summed E-state index contributed by atoms with van der Waals surface area (Å²) in [6.45, 7) is 5.48. The first kappa shape index (κ1) is 17.2. The van der Waals surface area contributed by atoms with E-state index in [1.807, 2.05) is 13.8 Å². The van der Waals surface area contributed by atoms with E-state index < -0.39 is 5.54 Å². The lowest BCUT2D eigenvalue weighted by Gasteiger charge is -2.33. The number of carbonyl (C=O) groups is 2. The second-order valence-electron chi connectivity index (χ2n) is 4.75. The number of carbonyl (C=O) groups excluding carboxylic acids is 2. The smallest absolute Gasteiger partial charge is 0.240 e. The Labute approximate surface area is 115 Å². The highest BCUT2D eigenvalue weighted by Crippen LogP contribution is 2.18. The molecule has 0 bridgehead atoms. The van der Waals surface area contributed by atoms with Crippen molar-refractivity contribution in [1.82, 2.24) is 16.0 Å². The standard InChI is InChI=1S/C12H23N3O2.ClH/c1-3-7-13-10(16)9-14-11(17)12(2)6-4-5-8-15-12;/h15H,3-9H2,1-2H3,(H,13,16)(H,14,17);1H. The van der Waals surface area contributed by atoms with Gasteiger partial charge in [-0.25, -0.2) is 0 Å². The van der Waals surface area contributed by atoms with Crippen molar-refractivity contribution >= 4 is 24.2 Å². The fourth-order valence-electron chi connectivity index (χ4n) is 1.93. The van der Waals surface area contributed by atoms with Crippen LogP contribution in [0.5, 0.6) is 0 Å². The SMILES string of the molecule is CCCNC(=O)CNC(=O)C1(C)CCCCN1.Cl. The van der Waals surface area contributed by atoms with Gasteiger partial charge in [0.05, 0.1) is 12.1 Å². The maximum absolute atomic E-state index is 11.9. The van der Waals surface area contributed by atoms with Gasteiger partial charge in [0, 0.05) is 6.54 Å². The van der Waals surface area contributed by atoms with E-state index >= 15 is 0 Å². The summed E-state index contributed by atoms with van der Waals surface area (Å²) in [4.78, 5) is 23.3. The minimum atomic E-state index is -0.511. The third kappa shape index (κ3) is 5.23. The first-order valence-corrected chi connectivity index (χ1v) is 6.38. The molecule has 1 rings (SSSR count). The Balaban J connectivity index is 0.00000289. The van der Waals surface area contributed by atoms with Gasteiger partial charge in [-0.2, -0.15) is 0 Å².